The van der Waals surface area contributed by atoms with E-state index in [1.807, 2.05) is 0 Å². The van der Waals surface area contributed by atoms with E-state index in [1.165, 1.54) is 5.32 Å². The second-order valence-electron chi connectivity index (χ2n) is 1.41. The van der Waals surface area contributed by atoms with E-state index in [0.29, 0.717) is 0 Å². The highest BCUT2D eigenvalue weighted by molar-refractivity contribution is 5.72. The summed E-state index contributed by atoms with van der Waals surface area (Å²) in [5.74, 6) is 0. The third kappa shape index (κ3) is 5.16. The highest BCUT2D eigenvalue weighted by Crippen LogP contribution is 2.11. The summed E-state index contributed by atoms with van der Waals surface area (Å²) < 4.78 is 33.7. The first-order chi connectivity index (χ1) is 4.45. The monoisotopic (exact) mass is 158 g/mol. The number of hydrogen-bond donors (Lipinski definition) is 3. The minimum absolute atomic E-state index is 0.988. The molecule has 0 aromatic rings. The highest BCUT2D eigenvalue weighted by atomic mass is 19.4. The summed E-state index contributed by atoms with van der Waals surface area (Å²) in [5, 5.41) is 9.05. The number of carbonyl (C=O) groups is 1. The summed E-state index contributed by atoms with van der Waals surface area (Å²) in [5.41, 5.74) is 0.988. The van der Waals surface area contributed by atoms with E-state index in [2.05, 4.69) is 0 Å². The summed E-state index contributed by atoms with van der Waals surface area (Å²) in [6.07, 6.45) is -4.45. The van der Waals surface area contributed by atoms with Crippen LogP contribution in [0.5, 0.6) is 0 Å². The maximum Gasteiger partial charge on any atom is 0.405 e. The molecular formula is C3H5F3N2O2. The van der Waals surface area contributed by atoms with Crippen molar-refractivity contribution in [3.63, 3.8) is 0 Å². The summed E-state index contributed by atoms with van der Waals surface area (Å²) in [7, 11) is 0. The third-order valence-electron chi connectivity index (χ3n) is 0.551. The third-order valence-corrected chi connectivity index (χ3v) is 0.551. The number of hydroxylamine groups is 1. The minimum atomic E-state index is -4.45. The van der Waals surface area contributed by atoms with Crippen molar-refractivity contribution in [1.82, 2.24) is 10.8 Å². The Kier molecular flexibility index (Phi) is 2.94. The molecule has 0 aliphatic rings. The number of nitrogens with one attached hydrogen (secondary N) is 2. The SMILES string of the molecule is O=C(NO)NCC(F)(F)F. The summed E-state index contributed by atoms with van der Waals surface area (Å²) in [4.78, 5) is 9.89. The van der Waals surface area contributed by atoms with Crippen LogP contribution in [-0.2, 0) is 0 Å². The predicted octanol–water partition coefficient (Wildman–Crippen LogP) is 0.237. The van der Waals surface area contributed by atoms with Crippen LogP contribution in [0.15, 0.2) is 0 Å². The normalized spacial score (nSPS) is 10.8. The Morgan fingerprint density at radius 2 is 2.00 bits per heavy atom. The van der Waals surface area contributed by atoms with E-state index in [-0.39, 0.29) is 0 Å². The van der Waals surface area contributed by atoms with Gasteiger partial charge < -0.3 is 5.32 Å². The van der Waals surface area contributed by atoms with Crippen LogP contribution in [0.1, 0.15) is 0 Å². The van der Waals surface area contributed by atoms with E-state index < -0.39 is 18.8 Å². The van der Waals surface area contributed by atoms with Gasteiger partial charge in [-0.15, -0.1) is 0 Å². The van der Waals surface area contributed by atoms with Crippen LogP contribution in [0.25, 0.3) is 0 Å². The second kappa shape index (κ2) is 3.25. The maximum absolute atomic E-state index is 11.2. The first-order valence-electron chi connectivity index (χ1n) is 2.20. The van der Waals surface area contributed by atoms with Gasteiger partial charge in [0.15, 0.2) is 0 Å². The molecule has 0 spiro atoms. The zero-order chi connectivity index (χ0) is 8.20. The lowest BCUT2D eigenvalue weighted by molar-refractivity contribution is -0.123. The van der Waals surface area contributed by atoms with Crippen LogP contribution in [0.4, 0.5) is 18.0 Å². The average Bonchev–Trinajstić information content (AvgIpc) is 1.81. The fraction of sp³-hybridized carbons (Fsp3) is 0.667. The molecule has 0 saturated heterocycles. The van der Waals surface area contributed by atoms with Gasteiger partial charge in [0.2, 0.25) is 0 Å². The van der Waals surface area contributed by atoms with Crippen LogP contribution >= 0.6 is 0 Å². The van der Waals surface area contributed by atoms with E-state index in [4.69, 9.17) is 5.21 Å². The lowest BCUT2D eigenvalue weighted by Crippen LogP contribution is -2.39. The molecule has 0 aromatic carbocycles. The van der Waals surface area contributed by atoms with Crippen molar-refractivity contribution in [2.24, 2.45) is 0 Å². The number of amides is 2. The van der Waals surface area contributed by atoms with Crippen molar-refractivity contribution < 1.29 is 23.2 Å². The molecule has 0 bridgehead atoms. The zero-order valence-electron chi connectivity index (χ0n) is 4.70. The lowest BCUT2D eigenvalue weighted by atomic mass is 10.6. The Morgan fingerprint density at radius 1 is 1.50 bits per heavy atom. The Bertz CT molecular complexity index is 123. The number of alkyl halides is 3. The second-order valence-corrected chi connectivity index (χ2v) is 1.41. The molecule has 0 aliphatic carbocycles. The molecule has 0 saturated carbocycles. The topological polar surface area (TPSA) is 61.4 Å². The number of carbonyl (C=O) groups excluding carboxylic acids is 1. The zero-order valence-corrected chi connectivity index (χ0v) is 4.70. The van der Waals surface area contributed by atoms with Gasteiger partial charge in [-0.05, 0) is 0 Å². The first-order valence-corrected chi connectivity index (χ1v) is 2.20. The molecule has 0 aromatic heterocycles. The number of urea groups is 1. The van der Waals surface area contributed by atoms with Crippen LogP contribution in [-0.4, -0.2) is 24.0 Å². The van der Waals surface area contributed by atoms with E-state index in [0.717, 1.165) is 5.48 Å². The predicted molar refractivity (Wildman–Crippen MR) is 24.4 cm³/mol. The molecule has 60 valence electrons. The van der Waals surface area contributed by atoms with E-state index >= 15 is 0 Å². The van der Waals surface area contributed by atoms with Crippen LogP contribution in [0.2, 0.25) is 0 Å². The van der Waals surface area contributed by atoms with Gasteiger partial charge in [-0.3, -0.25) is 5.21 Å². The first kappa shape index (κ1) is 9.02. The van der Waals surface area contributed by atoms with Crippen molar-refractivity contribution >= 4 is 6.03 Å². The number of halogens is 3. The van der Waals surface area contributed by atoms with Gasteiger partial charge in [-0.25, -0.2) is 10.3 Å². The van der Waals surface area contributed by atoms with Crippen molar-refractivity contribution in [3.8, 4) is 0 Å². The molecule has 0 aliphatic heterocycles. The molecule has 10 heavy (non-hydrogen) atoms. The van der Waals surface area contributed by atoms with Crippen molar-refractivity contribution in [1.29, 1.82) is 0 Å². The van der Waals surface area contributed by atoms with Crippen LogP contribution in [0, 0.1) is 0 Å². The summed E-state index contributed by atoms with van der Waals surface area (Å²) in [6, 6.07) is -1.28. The molecule has 0 rings (SSSR count). The molecule has 3 N–H and O–H groups in total. The maximum atomic E-state index is 11.2. The van der Waals surface area contributed by atoms with Gasteiger partial charge in [0.1, 0.15) is 6.54 Å². The fourth-order valence-corrected chi connectivity index (χ4v) is 0.220. The lowest BCUT2D eigenvalue weighted by Gasteiger charge is -2.05. The number of rotatable bonds is 1. The van der Waals surface area contributed by atoms with Crippen LogP contribution < -0.4 is 10.8 Å². The largest absolute Gasteiger partial charge is 0.405 e. The molecule has 0 atom stereocenters. The smallest absolute Gasteiger partial charge is 0.327 e. The van der Waals surface area contributed by atoms with Gasteiger partial charge in [0, 0.05) is 0 Å². The van der Waals surface area contributed by atoms with Crippen molar-refractivity contribution in [3.05, 3.63) is 0 Å². The Morgan fingerprint density at radius 3 is 2.30 bits per heavy atom. The van der Waals surface area contributed by atoms with E-state index in [1.54, 1.807) is 0 Å². The van der Waals surface area contributed by atoms with Crippen molar-refractivity contribution in [2.45, 2.75) is 6.18 Å². The van der Waals surface area contributed by atoms with Crippen molar-refractivity contribution in [2.75, 3.05) is 6.54 Å². The summed E-state index contributed by atoms with van der Waals surface area (Å²) in [6.45, 7) is -1.46. The Hall–Kier alpha value is -0.980. The van der Waals surface area contributed by atoms with Crippen LogP contribution in [0.3, 0.4) is 0 Å². The van der Waals surface area contributed by atoms with E-state index in [9.17, 15) is 18.0 Å². The number of hydrogen-bond acceptors (Lipinski definition) is 2. The molecule has 7 heteroatoms. The molecule has 0 heterocycles. The molecule has 0 radical (unpaired) electrons. The Balaban J connectivity index is 3.46. The Labute approximate surface area is 54.0 Å². The molecule has 0 fully saturated rings. The van der Waals surface area contributed by atoms with Gasteiger partial charge in [-0.1, -0.05) is 0 Å². The summed E-state index contributed by atoms with van der Waals surface area (Å²) >= 11 is 0. The van der Waals surface area contributed by atoms with Gasteiger partial charge >= 0.3 is 12.2 Å². The molecular weight excluding hydrogens is 153 g/mol. The van der Waals surface area contributed by atoms with Gasteiger partial charge in [-0.2, -0.15) is 13.2 Å². The molecule has 4 nitrogen and oxygen atoms in total. The molecule has 2 amide bonds. The fourth-order valence-electron chi connectivity index (χ4n) is 0.220. The quantitative estimate of drug-likeness (QED) is 0.378. The van der Waals surface area contributed by atoms with Gasteiger partial charge in [0.25, 0.3) is 0 Å². The minimum Gasteiger partial charge on any atom is -0.327 e. The highest BCUT2D eigenvalue weighted by Gasteiger charge is 2.27. The molecule has 0 unspecified atom stereocenters. The van der Waals surface area contributed by atoms with Gasteiger partial charge in [0.05, 0.1) is 0 Å². The standard InChI is InChI=1S/C3H5F3N2O2/c4-3(5,6)1-7-2(9)8-10/h10H,1H2,(H2,7,8,9). The average molecular weight is 158 g/mol.